The number of carbonyl (C=O) groups excluding carboxylic acids is 1. The van der Waals surface area contributed by atoms with Crippen molar-refractivity contribution in [3.05, 3.63) is 25.3 Å². The Morgan fingerprint density at radius 2 is 1.64 bits per heavy atom. The van der Waals surface area contributed by atoms with E-state index in [1.165, 1.54) is 18.4 Å². The first kappa shape index (κ1) is 11.2. The summed E-state index contributed by atoms with van der Waals surface area (Å²) in [6, 6.07) is 0. The first-order valence-corrected chi connectivity index (χ1v) is 5.44. The van der Waals surface area contributed by atoms with Gasteiger partial charge in [-0.3, -0.25) is 4.79 Å². The predicted molar refractivity (Wildman–Crippen MR) is 60.1 cm³/mol. The van der Waals surface area contributed by atoms with Gasteiger partial charge >= 0.3 is 0 Å². The molecule has 0 aromatic carbocycles. The number of hydrogen-bond acceptors (Lipinski definition) is 1. The Morgan fingerprint density at radius 3 is 2.36 bits per heavy atom. The number of allylic oxidation sites excluding steroid dienone is 1. The number of Topliss-reactive ketones (excluding diaryl/α,β-unsaturated/α-hetero) is 1. The van der Waals surface area contributed by atoms with Gasteiger partial charge in [-0.2, -0.15) is 0 Å². The van der Waals surface area contributed by atoms with E-state index in [0.717, 1.165) is 31.6 Å². The Morgan fingerprint density at radius 1 is 1.00 bits per heavy atom. The quantitative estimate of drug-likeness (QED) is 0.537. The molecular weight excluding hydrogens is 172 g/mol. The molecule has 0 bridgehead atoms. The second-order valence-corrected chi connectivity index (χ2v) is 4.29. The van der Waals surface area contributed by atoms with Gasteiger partial charge in [-0.1, -0.05) is 12.2 Å². The van der Waals surface area contributed by atoms with Gasteiger partial charge in [-0.05, 0) is 37.5 Å². The lowest BCUT2D eigenvalue weighted by Crippen LogP contribution is -2.28. The monoisotopic (exact) mass is 192 g/mol. The van der Waals surface area contributed by atoms with Crippen molar-refractivity contribution in [1.29, 1.82) is 0 Å². The molecule has 0 N–H and O–H groups in total. The molecule has 0 heterocycles. The van der Waals surface area contributed by atoms with Gasteiger partial charge in [-0.15, -0.1) is 13.2 Å². The third-order valence-corrected chi connectivity index (χ3v) is 3.37. The van der Waals surface area contributed by atoms with Crippen LogP contribution in [0.3, 0.4) is 0 Å². The molecule has 2 saturated carbocycles. The maximum atomic E-state index is 11.2. The van der Waals surface area contributed by atoms with Gasteiger partial charge in [0.1, 0.15) is 5.78 Å². The molecule has 2 aliphatic rings. The van der Waals surface area contributed by atoms with Gasteiger partial charge in [0.05, 0.1) is 0 Å². The average molecular weight is 192 g/mol. The van der Waals surface area contributed by atoms with E-state index in [9.17, 15) is 4.79 Å². The van der Waals surface area contributed by atoms with E-state index in [0.29, 0.717) is 11.7 Å². The summed E-state index contributed by atoms with van der Waals surface area (Å²) >= 11 is 0. The summed E-state index contributed by atoms with van der Waals surface area (Å²) in [7, 11) is 0. The van der Waals surface area contributed by atoms with E-state index in [4.69, 9.17) is 0 Å². The van der Waals surface area contributed by atoms with Crippen molar-refractivity contribution in [2.75, 3.05) is 0 Å². The van der Waals surface area contributed by atoms with E-state index < -0.39 is 0 Å². The largest absolute Gasteiger partial charge is 0.300 e. The molecule has 2 aliphatic carbocycles. The molecule has 0 unspecified atom stereocenters. The van der Waals surface area contributed by atoms with Crippen molar-refractivity contribution in [3.63, 3.8) is 0 Å². The summed E-state index contributed by atoms with van der Waals surface area (Å²) in [5, 5.41) is 0. The van der Waals surface area contributed by atoms with Crippen molar-refractivity contribution in [2.24, 2.45) is 11.8 Å². The van der Waals surface area contributed by atoms with Crippen LogP contribution in [0.15, 0.2) is 25.3 Å². The zero-order valence-corrected chi connectivity index (χ0v) is 8.93. The van der Waals surface area contributed by atoms with Crippen LogP contribution in [0.4, 0.5) is 0 Å². The second-order valence-electron chi connectivity index (χ2n) is 4.29. The fourth-order valence-corrected chi connectivity index (χ4v) is 2.62. The molecule has 0 aliphatic heterocycles. The lowest BCUT2D eigenvalue weighted by atomic mass is 9.69. The number of fused-ring (bicyclic) bond motifs is 1. The minimum Gasteiger partial charge on any atom is -0.300 e. The van der Waals surface area contributed by atoms with Crippen LogP contribution in [-0.4, -0.2) is 5.78 Å². The van der Waals surface area contributed by atoms with Gasteiger partial charge in [-0.25, -0.2) is 0 Å². The van der Waals surface area contributed by atoms with Crippen LogP contribution in [0.2, 0.25) is 0 Å². The van der Waals surface area contributed by atoms with Crippen molar-refractivity contribution in [1.82, 2.24) is 0 Å². The highest BCUT2D eigenvalue weighted by Crippen LogP contribution is 2.40. The van der Waals surface area contributed by atoms with Gasteiger partial charge in [0.25, 0.3) is 0 Å². The Kier molecular flexibility index (Phi) is 4.12. The van der Waals surface area contributed by atoms with Gasteiger partial charge in [0.2, 0.25) is 0 Å². The number of carbonyl (C=O) groups is 1. The molecule has 1 nitrogen and oxygen atoms in total. The Hall–Kier alpha value is -0.850. The van der Waals surface area contributed by atoms with Crippen LogP contribution in [0.5, 0.6) is 0 Å². The zero-order chi connectivity index (χ0) is 10.6. The number of rotatable bonds is 0. The predicted octanol–water partition coefficient (Wildman–Crippen LogP) is 3.51. The van der Waals surface area contributed by atoms with Gasteiger partial charge < -0.3 is 0 Å². The second kappa shape index (κ2) is 5.14. The van der Waals surface area contributed by atoms with Crippen molar-refractivity contribution < 1.29 is 4.79 Å². The molecule has 0 amide bonds. The molecular formula is C13H20O. The van der Waals surface area contributed by atoms with E-state index in [2.05, 4.69) is 19.7 Å². The summed E-state index contributed by atoms with van der Waals surface area (Å²) in [5.41, 5.74) is 1.37. The Labute approximate surface area is 86.9 Å². The van der Waals surface area contributed by atoms with Crippen LogP contribution >= 0.6 is 0 Å². The van der Waals surface area contributed by atoms with E-state index in [1.807, 2.05) is 0 Å². The first-order valence-electron chi connectivity index (χ1n) is 5.44. The fourth-order valence-electron chi connectivity index (χ4n) is 2.62. The van der Waals surface area contributed by atoms with E-state index in [-0.39, 0.29) is 0 Å². The van der Waals surface area contributed by atoms with Crippen molar-refractivity contribution >= 4 is 5.78 Å². The minimum atomic E-state index is 0.478. The Balaban J connectivity index is 0.000000461. The molecule has 0 spiro atoms. The molecule has 2 atom stereocenters. The Bertz CT molecular complexity index is 207. The minimum absolute atomic E-state index is 0.478. The molecule has 0 radical (unpaired) electrons. The summed E-state index contributed by atoms with van der Waals surface area (Å²) in [5.74, 6) is 1.98. The highest BCUT2D eigenvalue weighted by molar-refractivity contribution is 5.79. The van der Waals surface area contributed by atoms with Gasteiger partial charge in [0.15, 0.2) is 0 Å². The first-order chi connectivity index (χ1) is 6.75. The summed E-state index contributed by atoms with van der Waals surface area (Å²) < 4.78 is 0. The maximum absolute atomic E-state index is 11.2. The van der Waals surface area contributed by atoms with Crippen LogP contribution in [0.1, 0.15) is 38.5 Å². The topological polar surface area (TPSA) is 17.1 Å². The molecule has 14 heavy (non-hydrogen) atoms. The average Bonchev–Trinajstić information content (AvgIpc) is 2.20. The molecule has 0 saturated heterocycles. The molecule has 2 fully saturated rings. The van der Waals surface area contributed by atoms with Crippen molar-refractivity contribution in [2.45, 2.75) is 38.5 Å². The van der Waals surface area contributed by atoms with Crippen LogP contribution < -0.4 is 0 Å². The molecule has 0 aromatic heterocycles. The summed E-state index contributed by atoms with van der Waals surface area (Å²) in [4.78, 5) is 11.2. The maximum Gasteiger partial charge on any atom is 0.133 e. The smallest absolute Gasteiger partial charge is 0.133 e. The lowest BCUT2D eigenvalue weighted by molar-refractivity contribution is -0.122. The highest BCUT2D eigenvalue weighted by Gasteiger charge is 2.31. The van der Waals surface area contributed by atoms with Crippen LogP contribution in [0, 0.1) is 11.8 Å². The third kappa shape index (κ3) is 2.57. The SMILES string of the molecule is C=C.C=C1CC[C@@H]2CCC(=O)C[C@@H]2C1. The summed E-state index contributed by atoms with van der Waals surface area (Å²) in [6.07, 6.45) is 6.44. The number of ketones is 1. The normalized spacial score (nSPS) is 31.4. The number of hydrogen-bond donors (Lipinski definition) is 0. The van der Waals surface area contributed by atoms with Crippen LogP contribution in [0.25, 0.3) is 0 Å². The van der Waals surface area contributed by atoms with E-state index in [1.54, 1.807) is 0 Å². The molecule has 2 rings (SSSR count). The zero-order valence-electron chi connectivity index (χ0n) is 8.93. The lowest BCUT2D eigenvalue weighted by Gasteiger charge is -2.35. The van der Waals surface area contributed by atoms with Crippen LogP contribution in [-0.2, 0) is 4.79 Å². The molecule has 1 heteroatoms. The summed E-state index contributed by atoms with van der Waals surface area (Å²) in [6.45, 7) is 10.0. The molecule has 0 aromatic rings. The van der Waals surface area contributed by atoms with Gasteiger partial charge in [0, 0.05) is 12.8 Å². The fraction of sp³-hybridized carbons (Fsp3) is 0.615. The highest BCUT2D eigenvalue weighted by atomic mass is 16.1. The van der Waals surface area contributed by atoms with E-state index >= 15 is 0 Å². The third-order valence-electron chi connectivity index (χ3n) is 3.37. The van der Waals surface area contributed by atoms with Crippen molar-refractivity contribution in [3.8, 4) is 0 Å². The molecule has 78 valence electrons. The standard InChI is InChI=1S/C11H16O.C2H4/c1-8-2-3-9-4-5-11(12)7-10(9)6-8;1-2/h9-10H,1-7H2;1-2H2/t9-,10+;/m1./s1.